The molecule has 4 aromatic rings. The molecule has 0 aliphatic rings. The molecule has 0 saturated carbocycles. The van der Waals surface area contributed by atoms with E-state index in [2.05, 4.69) is 15.8 Å². The Morgan fingerprint density at radius 1 is 0.783 bits per heavy atom. The first-order valence-electron chi connectivity index (χ1n) is 13.6. The fraction of sp³-hybridized carbons (Fsp3) is 0.156. The average Bonchev–Trinajstić information content (AvgIpc) is 3.05. The summed E-state index contributed by atoms with van der Waals surface area (Å²) in [7, 11) is -0.216. The topological polar surface area (TPSA) is 136 Å². The normalized spacial score (nSPS) is 11.4. The molecule has 0 aliphatic carbocycles. The van der Waals surface area contributed by atoms with Crippen molar-refractivity contribution in [3.8, 4) is 17.2 Å². The maximum Gasteiger partial charge on any atom is 0.265 e. The third kappa shape index (κ3) is 8.08. The van der Waals surface area contributed by atoms with E-state index in [9.17, 15) is 18.0 Å². The van der Waals surface area contributed by atoms with Crippen LogP contribution in [0.1, 0.15) is 22.8 Å². The van der Waals surface area contributed by atoms with E-state index in [1.165, 1.54) is 57.7 Å². The number of benzene rings is 4. The Bertz CT molecular complexity index is 1900. The number of hydrogen-bond acceptors (Lipinski definition) is 8. The van der Waals surface area contributed by atoms with Crippen LogP contribution in [-0.4, -0.2) is 53.8 Å². The number of nitrogens with zero attached hydrogens (tertiary/aromatic N) is 2. The van der Waals surface area contributed by atoms with Crippen LogP contribution in [0.25, 0.3) is 0 Å². The summed E-state index contributed by atoms with van der Waals surface area (Å²) >= 11 is 12.2. The second kappa shape index (κ2) is 15.0. The highest BCUT2D eigenvalue weighted by Crippen LogP contribution is 2.37. The van der Waals surface area contributed by atoms with Crippen molar-refractivity contribution < 1.29 is 32.2 Å². The Balaban J connectivity index is 1.59. The van der Waals surface area contributed by atoms with Crippen molar-refractivity contribution in [2.24, 2.45) is 5.10 Å². The first-order valence-corrected chi connectivity index (χ1v) is 15.7. The number of anilines is 2. The number of amides is 2. The summed E-state index contributed by atoms with van der Waals surface area (Å²) in [6.45, 7) is 0.968. The highest BCUT2D eigenvalue weighted by atomic mass is 35.5. The van der Waals surface area contributed by atoms with Crippen molar-refractivity contribution in [3.63, 3.8) is 0 Å². The highest BCUT2D eigenvalue weighted by molar-refractivity contribution is 7.92. The first-order chi connectivity index (χ1) is 22.0. The van der Waals surface area contributed by atoms with Gasteiger partial charge in [-0.1, -0.05) is 41.4 Å². The summed E-state index contributed by atoms with van der Waals surface area (Å²) in [4.78, 5) is 25.7. The van der Waals surface area contributed by atoms with Crippen LogP contribution in [0.4, 0.5) is 11.4 Å². The lowest BCUT2D eigenvalue weighted by atomic mass is 10.1. The monoisotopic (exact) mass is 684 g/mol. The zero-order chi connectivity index (χ0) is 33.4. The molecule has 0 spiro atoms. The fourth-order valence-corrected chi connectivity index (χ4v) is 6.09. The van der Waals surface area contributed by atoms with Crippen molar-refractivity contribution in [1.29, 1.82) is 0 Å². The van der Waals surface area contributed by atoms with Crippen molar-refractivity contribution in [2.75, 3.05) is 37.5 Å². The molecule has 0 radical (unpaired) electrons. The van der Waals surface area contributed by atoms with Crippen LogP contribution >= 0.6 is 23.2 Å². The summed E-state index contributed by atoms with van der Waals surface area (Å²) in [5.74, 6) is -0.440. The maximum atomic E-state index is 14.0. The molecule has 4 rings (SSSR count). The molecule has 2 N–H and O–H groups in total. The summed E-state index contributed by atoms with van der Waals surface area (Å²) in [5, 5.41) is 7.62. The lowest BCUT2D eigenvalue weighted by molar-refractivity contribution is -0.119. The molecule has 0 unspecified atom stereocenters. The van der Waals surface area contributed by atoms with Crippen LogP contribution in [0.3, 0.4) is 0 Å². The maximum absolute atomic E-state index is 14.0. The van der Waals surface area contributed by atoms with E-state index in [1.54, 1.807) is 55.5 Å². The third-order valence-electron chi connectivity index (χ3n) is 6.61. The molecule has 46 heavy (non-hydrogen) atoms. The molecule has 0 bridgehead atoms. The van der Waals surface area contributed by atoms with Crippen molar-refractivity contribution in [2.45, 2.75) is 11.8 Å². The number of methoxy groups -OCH3 is 3. The number of carbonyl (C=O) groups excluding carboxylic acids is 2. The van der Waals surface area contributed by atoms with Gasteiger partial charge in [0.2, 0.25) is 0 Å². The van der Waals surface area contributed by atoms with Crippen LogP contribution in [0.2, 0.25) is 10.0 Å². The predicted molar refractivity (Wildman–Crippen MR) is 178 cm³/mol. The van der Waals surface area contributed by atoms with Gasteiger partial charge in [-0.25, -0.2) is 13.8 Å². The van der Waals surface area contributed by atoms with Crippen molar-refractivity contribution >= 4 is 62.1 Å². The summed E-state index contributed by atoms with van der Waals surface area (Å²) in [5.41, 5.74) is 4.31. The van der Waals surface area contributed by atoms with E-state index in [4.69, 9.17) is 37.4 Å². The van der Waals surface area contributed by atoms with Crippen LogP contribution in [0.5, 0.6) is 17.2 Å². The fourth-order valence-electron chi connectivity index (χ4n) is 4.29. The molecule has 14 heteroatoms. The van der Waals surface area contributed by atoms with Gasteiger partial charge in [0.25, 0.3) is 21.8 Å². The van der Waals surface area contributed by atoms with Crippen molar-refractivity contribution in [3.05, 3.63) is 106 Å². The standard InChI is InChI=1S/C32H30Cl2N4O7S/c1-20(21-7-6-10-25(16-21)35-32(40)22-8-5-9-23(33)15-22)36-37-31(39)19-38(27-17-24(34)11-13-28(27)43-2)46(41,42)26-12-14-29(44-3)30(18-26)45-4/h5-18H,19H2,1-4H3,(H,35,40)(H,37,39)/b36-20-. The quantitative estimate of drug-likeness (QED) is 0.138. The number of carbonyl (C=O) groups is 2. The van der Waals surface area contributed by atoms with E-state index in [0.717, 1.165) is 4.31 Å². The molecule has 0 saturated heterocycles. The molecule has 0 aliphatic heterocycles. The average molecular weight is 686 g/mol. The van der Waals surface area contributed by atoms with Gasteiger partial charge in [-0.05, 0) is 73.2 Å². The Morgan fingerprint density at radius 2 is 1.43 bits per heavy atom. The Hall–Kier alpha value is -4.78. The van der Waals surface area contributed by atoms with Gasteiger partial charge in [0.1, 0.15) is 12.3 Å². The molecule has 240 valence electrons. The summed E-state index contributed by atoms with van der Waals surface area (Å²) in [6, 6.07) is 21.8. The van der Waals surface area contributed by atoms with Gasteiger partial charge < -0.3 is 19.5 Å². The van der Waals surface area contributed by atoms with E-state index in [1.807, 2.05) is 0 Å². The minimum Gasteiger partial charge on any atom is -0.495 e. The molecule has 0 aromatic heterocycles. The highest BCUT2D eigenvalue weighted by Gasteiger charge is 2.31. The SMILES string of the molecule is COc1ccc(S(=O)(=O)N(CC(=O)N/N=C(/C)c2cccc(NC(=O)c3cccc(Cl)c3)c2)c2cc(Cl)ccc2OC)cc1OC. The third-order valence-corrected chi connectivity index (χ3v) is 8.84. The number of halogens is 2. The molecular formula is C32H30Cl2N4O7S. The number of ether oxygens (including phenoxy) is 3. The smallest absolute Gasteiger partial charge is 0.265 e. The van der Waals surface area contributed by atoms with Crippen molar-refractivity contribution in [1.82, 2.24) is 5.43 Å². The molecule has 4 aromatic carbocycles. The Labute approximate surface area is 276 Å². The Morgan fingerprint density at radius 3 is 2.13 bits per heavy atom. The van der Waals surface area contributed by atoms with Gasteiger partial charge in [0, 0.05) is 27.4 Å². The van der Waals surface area contributed by atoms with Gasteiger partial charge >= 0.3 is 0 Å². The molecule has 0 fully saturated rings. The molecule has 0 atom stereocenters. The van der Waals surface area contributed by atoms with E-state index in [0.29, 0.717) is 33.3 Å². The van der Waals surface area contributed by atoms with E-state index >= 15 is 0 Å². The molecule has 0 heterocycles. The largest absolute Gasteiger partial charge is 0.495 e. The summed E-state index contributed by atoms with van der Waals surface area (Å²) in [6.07, 6.45) is 0. The molecule has 11 nitrogen and oxygen atoms in total. The van der Waals surface area contributed by atoms with Gasteiger partial charge in [-0.15, -0.1) is 0 Å². The second-order valence-electron chi connectivity index (χ2n) is 9.62. The summed E-state index contributed by atoms with van der Waals surface area (Å²) < 4.78 is 44.8. The van der Waals surface area contributed by atoms with Gasteiger partial charge in [-0.3, -0.25) is 13.9 Å². The number of hydrazone groups is 1. The number of sulfonamides is 1. The number of hydrogen-bond donors (Lipinski definition) is 2. The van der Waals surface area contributed by atoms with Crippen LogP contribution in [0.15, 0.2) is 94.9 Å². The lowest BCUT2D eigenvalue weighted by Gasteiger charge is -2.26. The molecular weight excluding hydrogens is 655 g/mol. The first kappa shape index (κ1) is 34.1. The van der Waals surface area contributed by atoms with E-state index in [-0.39, 0.29) is 33.0 Å². The minimum atomic E-state index is -4.39. The zero-order valence-electron chi connectivity index (χ0n) is 25.2. The second-order valence-corrected chi connectivity index (χ2v) is 12.4. The number of nitrogens with one attached hydrogen (secondary N) is 2. The van der Waals surface area contributed by atoms with Crippen LogP contribution in [-0.2, 0) is 14.8 Å². The lowest BCUT2D eigenvalue weighted by Crippen LogP contribution is -2.40. The molecule has 2 amide bonds. The number of rotatable bonds is 12. The van der Waals surface area contributed by atoms with Gasteiger partial charge in [0.15, 0.2) is 11.5 Å². The zero-order valence-corrected chi connectivity index (χ0v) is 27.5. The van der Waals surface area contributed by atoms with Crippen LogP contribution in [0, 0.1) is 0 Å². The van der Waals surface area contributed by atoms with Crippen LogP contribution < -0.4 is 29.3 Å². The van der Waals surface area contributed by atoms with E-state index < -0.39 is 22.5 Å². The minimum absolute atomic E-state index is 0.0313. The van der Waals surface area contributed by atoms with Gasteiger partial charge in [-0.2, -0.15) is 5.10 Å². The predicted octanol–water partition coefficient (Wildman–Crippen LogP) is 6.01. The Kier molecular flexibility index (Phi) is 11.1. The van der Waals surface area contributed by atoms with Gasteiger partial charge in [0.05, 0.1) is 37.6 Å².